The smallest absolute Gasteiger partial charge is 0.335 e. The number of carbonyl (C=O) groups is 2. The minimum absolute atomic E-state index is 0.0963. The van der Waals surface area contributed by atoms with Crippen molar-refractivity contribution in [2.75, 3.05) is 10.6 Å². The fraction of sp³-hybridized carbons (Fsp3) is 0.0909. The lowest BCUT2D eigenvalue weighted by Crippen LogP contribution is -2.09. The maximum absolute atomic E-state index is 11.4. The topological polar surface area (TPSA) is 87.7 Å². The van der Waals surface area contributed by atoms with Gasteiger partial charge >= 0.3 is 5.97 Å². The SMILES string of the molecule is CC(=O)Nc1cc(C(=O)O)ccc1Nc1ccc(OCc2ccccc2)cc1. The molecule has 142 valence electrons. The number of carboxylic acid groups (broad SMARTS) is 1. The van der Waals surface area contributed by atoms with Crippen molar-refractivity contribution in [3.05, 3.63) is 83.9 Å². The molecule has 0 heterocycles. The van der Waals surface area contributed by atoms with Gasteiger partial charge in [-0.2, -0.15) is 0 Å². The average molecular weight is 376 g/mol. The molecule has 6 heteroatoms. The van der Waals surface area contributed by atoms with E-state index in [1.807, 2.05) is 54.6 Å². The molecule has 0 bridgehead atoms. The van der Waals surface area contributed by atoms with Crippen LogP contribution >= 0.6 is 0 Å². The summed E-state index contributed by atoms with van der Waals surface area (Å²) in [7, 11) is 0. The third-order valence-electron chi connectivity index (χ3n) is 3.96. The van der Waals surface area contributed by atoms with Crippen LogP contribution in [-0.2, 0) is 11.4 Å². The van der Waals surface area contributed by atoms with Crippen LogP contribution < -0.4 is 15.4 Å². The molecule has 0 saturated heterocycles. The molecule has 3 aromatic carbocycles. The second-order valence-electron chi connectivity index (χ2n) is 6.17. The number of carboxylic acids is 1. The quantitative estimate of drug-likeness (QED) is 0.558. The van der Waals surface area contributed by atoms with Crippen LogP contribution in [0.25, 0.3) is 0 Å². The molecule has 0 atom stereocenters. The number of benzene rings is 3. The monoisotopic (exact) mass is 376 g/mol. The van der Waals surface area contributed by atoms with E-state index in [2.05, 4.69) is 10.6 Å². The van der Waals surface area contributed by atoms with Gasteiger partial charge in [0.2, 0.25) is 5.91 Å². The molecule has 0 saturated carbocycles. The van der Waals surface area contributed by atoms with Crippen molar-refractivity contribution in [2.24, 2.45) is 0 Å². The maximum Gasteiger partial charge on any atom is 0.335 e. The van der Waals surface area contributed by atoms with Gasteiger partial charge in [-0.15, -0.1) is 0 Å². The molecule has 6 nitrogen and oxygen atoms in total. The summed E-state index contributed by atoms with van der Waals surface area (Å²) in [4.78, 5) is 22.6. The number of hydrogen-bond donors (Lipinski definition) is 3. The van der Waals surface area contributed by atoms with E-state index in [1.54, 1.807) is 6.07 Å². The summed E-state index contributed by atoms with van der Waals surface area (Å²) in [6, 6.07) is 21.8. The summed E-state index contributed by atoms with van der Waals surface area (Å²) in [6.45, 7) is 1.85. The third kappa shape index (κ3) is 5.11. The van der Waals surface area contributed by atoms with E-state index in [0.717, 1.165) is 17.0 Å². The number of hydrogen-bond acceptors (Lipinski definition) is 4. The number of amides is 1. The normalized spacial score (nSPS) is 10.2. The minimum atomic E-state index is -1.06. The van der Waals surface area contributed by atoms with E-state index in [9.17, 15) is 9.59 Å². The number of carbonyl (C=O) groups excluding carboxylic acids is 1. The van der Waals surface area contributed by atoms with Crippen molar-refractivity contribution in [3.63, 3.8) is 0 Å². The van der Waals surface area contributed by atoms with Crippen LogP contribution in [0.5, 0.6) is 5.75 Å². The molecule has 0 radical (unpaired) electrons. The predicted octanol–water partition coefficient (Wildman–Crippen LogP) is 4.67. The Morgan fingerprint density at radius 2 is 1.64 bits per heavy atom. The van der Waals surface area contributed by atoms with Gasteiger partial charge in [0.25, 0.3) is 0 Å². The van der Waals surface area contributed by atoms with Crippen LogP contribution in [0.1, 0.15) is 22.8 Å². The molecule has 0 aromatic heterocycles. The highest BCUT2D eigenvalue weighted by molar-refractivity contribution is 5.97. The molecular formula is C22H20N2O4. The number of rotatable bonds is 7. The Bertz CT molecular complexity index is 970. The summed E-state index contributed by atoms with van der Waals surface area (Å²) in [6.07, 6.45) is 0. The van der Waals surface area contributed by atoms with Gasteiger partial charge in [-0.1, -0.05) is 30.3 Å². The van der Waals surface area contributed by atoms with Crippen molar-refractivity contribution < 1.29 is 19.4 Å². The first-order valence-electron chi connectivity index (χ1n) is 8.70. The first kappa shape index (κ1) is 19.0. The molecule has 0 aliphatic carbocycles. The van der Waals surface area contributed by atoms with Gasteiger partial charge in [0.15, 0.2) is 0 Å². The van der Waals surface area contributed by atoms with Crippen LogP contribution in [0.15, 0.2) is 72.8 Å². The summed E-state index contributed by atoms with van der Waals surface area (Å²) >= 11 is 0. The van der Waals surface area contributed by atoms with E-state index >= 15 is 0 Å². The lowest BCUT2D eigenvalue weighted by atomic mass is 10.1. The predicted molar refractivity (Wildman–Crippen MR) is 108 cm³/mol. The number of anilines is 3. The fourth-order valence-corrected chi connectivity index (χ4v) is 2.61. The summed E-state index contributed by atoms with van der Waals surface area (Å²) in [5, 5.41) is 15.0. The average Bonchev–Trinajstić information content (AvgIpc) is 2.69. The molecule has 0 aliphatic heterocycles. The molecule has 0 aliphatic rings. The van der Waals surface area contributed by atoms with E-state index in [4.69, 9.17) is 9.84 Å². The Kier molecular flexibility index (Phi) is 5.91. The van der Waals surface area contributed by atoms with Gasteiger partial charge in [0, 0.05) is 12.6 Å². The summed E-state index contributed by atoms with van der Waals surface area (Å²) < 4.78 is 5.77. The second kappa shape index (κ2) is 8.73. The Labute approximate surface area is 162 Å². The highest BCUT2D eigenvalue weighted by Gasteiger charge is 2.10. The van der Waals surface area contributed by atoms with Crippen LogP contribution in [0.4, 0.5) is 17.1 Å². The van der Waals surface area contributed by atoms with Gasteiger partial charge in [-0.3, -0.25) is 4.79 Å². The molecule has 3 rings (SSSR count). The van der Waals surface area contributed by atoms with Gasteiger partial charge in [0.05, 0.1) is 16.9 Å². The van der Waals surface area contributed by atoms with Crippen LogP contribution in [0.2, 0.25) is 0 Å². The first-order chi connectivity index (χ1) is 13.5. The lowest BCUT2D eigenvalue weighted by Gasteiger charge is -2.14. The van der Waals surface area contributed by atoms with Crippen molar-refractivity contribution in [1.29, 1.82) is 0 Å². The zero-order valence-electron chi connectivity index (χ0n) is 15.3. The molecule has 3 N–H and O–H groups in total. The summed E-state index contributed by atoms with van der Waals surface area (Å²) in [5.74, 6) is -0.606. The molecular weight excluding hydrogens is 356 g/mol. The Balaban J connectivity index is 1.71. The van der Waals surface area contributed by atoms with Gasteiger partial charge in [-0.25, -0.2) is 4.79 Å². The number of ether oxygens (including phenoxy) is 1. The first-order valence-corrected chi connectivity index (χ1v) is 8.70. The molecule has 0 fully saturated rings. The highest BCUT2D eigenvalue weighted by atomic mass is 16.5. The standard InChI is InChI=1S/C22H20N2O4/c1-15(25)23-21-13-17(22(26)27)7-12-20(21)24-18-8-10-19(11-9-18)28-14-16-5-3-2-4-6-16/h2-13,24H,14H2,1H3,(H,23,25)(H,26,27). The fourth-order valence-electron chi connectivity index (χ4n) is 2.61. The van der Waals surface area contributed by atoms with Crippen molar-refractivity contribution >= 4 is 28.9 Å². The Morgan fingerprint density at radius 1 is 0.929 bits per heavy atom. The van der Waals surface area contributed by atoms with Crippen molar-refractivity contribution in [3.8, 4) is 5.75 Å². The van der Waals surface area contributed by atoms with Crippen LogP contribution in [0, 0.1) is 0 Å². The van der Waals surface area contributed by atoms with Gasteiger partial charge in [0.1, 0.15) is 12.4 Å². The number of nitrogens with one attached hydrogen (secondary N) is 2. The lowest BCUT2D eigenvalue weighted by molar-refractivity contribution is -0.114. The van der Waals surface area contributed by atoms with E-state index in [-0.39, 0.29) is 11.5 Å². The number of aromatic carboxylic acids is 1. The van der Waals surface area contributed by atoms with E-state index in [0.29, 0.717) is 18.0 Å². The Hall–Kier alpha value is -3.80. The van der Waals surface area contributed by atoms with Gasteiger partial charge < -0.3 is 20.5 Å². The van der Waals surface area contributed by atoms with Crippen LogP contribution in [0.3, 0.4) is 0 Å². The van der Waals surface area contributed by atoms with E-state index in [1.165, 1.54) is 19.1 Å². The van der Waals surface area contributed by atoms with Crippen molar-refractivity contribution in [1.82, 2.24) is 0 Å². The highest BCUT2D eigenvalue weighted by Crippen LogP contribution is 2.28. The molecule has 28 heavy (non-hydrogen) atoms. The second-order valence-corrected chi connectivity index (χ2v) is 6.17. The zero-order chi connectivity index (χ0) is 19.9. The van der Waals surface area contributed by atoms with Crippen LogP contribution in [-0.4, -0.2) is 17.0 Å². The molecule has 0 unspecified atom stereocenters. The molecule has 1 amide bonds. The Morgan fingerprint density at radius 3 is 2.29 bits per heavy atom. The largest absolute Gasteiger partial charge is 0.489 e. The third-order valence-corrected chi connectivity index (χ3v) is 3.96. The minimum Gasteiger partial charge on any atom is -0.489 e. The van der Waals surface area contributed by atoms with E-state index < -0.39 is 5.97 Å². The molecule has 0 spiro atoms. The summed E-state index contributed by atoms with van der Waals surface area (Å²) in [5.41, 5.74) is 2.96. The zero-order valence-corrected chi connectivity index (χ0v) is 15.3. The van der Waals surface area contributed by atoms with Crippen molar-refractivity contribution in [2.45, 2.75) is 13.5 Å². The molecule has 3 aromatic rings. The maximum atomic E-state index is 11.4. The van der Waals surface area contributed by atoms with Gasteiger partial charge in [-0.05, 0) is 48.0 Å².